The highest BCUT2D eigenvalue weighted by atomic mass is 35.5. The topological polar surface area (TPSA) is 58.0 Å². The monoisotopic (exact) mass is 259 g/mol. The van der Waals surface area contributed by atoms with Crippen molar-refractivity contribution in [3.05, 3.63) is 17.3 Å². The van der Waals surface area contributed by atoms with E-state index in [9.17, 15) is 9.50 Å². The minimum Gasteiger partial charge on any atom is -0.396 e. The lowest BCUT2D eigenvalue weighted by atomic mass is 9.85. The third kappa shape index (κ3) is 3.04. The molecule has 1 aliphatic rings. The summed E-state index contributed by atoms with van der Waals surface area (Å²) in [6.45, 7) is 0.109. The Kier molecular flexibility index (Phi) is 4.12. The molecule has 0 aliphatic heterocycles. The highest BCUT2D eigenvalue weighted by Gasteiger charge is 2.25. The summed E-state index contributed by atoms with van der Waals surface area (Å²) < 4.78 is 13.4. The third-order valence-corrected chi connectivity index (χ3v) is 3.36. The van der Waals surface area contributed by atoms with E-state index in [2.05, 4.69) is 15.3 Å². The fourth-order valence-corrected chi connectivity index (χ4v) is 2.37. The van der Waals surface area contributed by atoms with Crippen LogP contribution in [0.2, 0.25) is 5.28 Å². The zero-order chi connectivity index (χ0) is 12.3. The van der Waals surface area contributed by atoms with E-state index in [1.54, 1.807) is 0 Å². The lowest BCUT2D eigenvalue weighted by Crippen LogP contribution is -2.35. The van der Waals surface area contributed by atoms with Crippen LogP contribution >= 0.6 is 11.6 Å². The Hall–Kier alpha value is -0.940. The first-order chi connectivity index (χ1) is 8.20. The van der Waals surface area contributed by atoms with Gasteiger partial charge in [0.15, 0.2) is 11.6 Å². The summed E-state index contributed by atoms with van der Waals surface area (Å²) in [5.41, 5.74) is 0. The van der Waals surface area contributed by atoms with Crippen molar-refractivity contribution in [1.82, 2.24) is 9.97 Å². The van der Waals surface area contributed by atoms with Crippen LogP contribution in [-0.4, -0.2) is 27.7 Å². The van der Waals surface area contributed by atoms with Crippen LogP contribution in [0.4, 0.5) is 10.2 Å². The number of rotatable bonds is 3. The van der Waals surface area contributed by atoms with Crippen LogP contribution in [-0.2, 0) is 0 Å². The largest absolute Gasteiger partial charge is 0.396 e. The van der Waals surface area contributed by atoms with Gasteiger partial charge in [0.1, 0.15) is 0 Å². The fourth-order valence-electron chi connectivity index (χ4n) is 2.24. The van der Waals surface area contributed by atoms with Crippen molar-refractivity contribution in [3.63, 3.8) is 0 Å². The van der Waals surface area contributed by atoms with Crippen molar-refractivity contribution in [2.45, 2.75) is 31.7 Å². The van der Waals surface area contributed by atoms with Gasteiger partial charge in [-0.3, -0.25) is 0 Å². The van der Waals surface area contributed by atoms with E-state index < -0.39 is 5.82 Å². The molecule has 0 aromatic carbocycles. The van der Waals surface area contributed by atoms with Gasteiger partial charge in [-0.25, -0.2) is 9.37 Å². The van der Waals surface area contributed by atoms with Crippen LogP contribution in [0.5, 0.6) is 0 Å². The molecule has 1 saturated carbocycles. The molecule has 2 rings (SSSR count). The van der Waals surface area contributed by atoms with Crippen LogP contribution in [0.25, 0.3) is 0 Å². The van der Waals surface area contributed by atoms with Crippen LogP contribution in [0.1, 0.15) is 25.7 Å². The SMILES string of the molecule is OCC1CCCCC1Nc1nc(Cl)ncc1F. The Morgan fingerprint density at radius 3 is 3.00 bits per heavy atom. The Morgan fingerprint density at radius 1 is 1.47 bits per heavy atom. The maximum Gasteiger partial charge on any atom is 0.224 e. The summed E-state index contributed by atoms with van der Waals surface area (Å²) >= 11 is 5.63. The van der Waals surface area contributed by atoms with Gasteiger partial charge in [0.2, 0.25) is 5.28 Å². The Labute approximate surface area is 104 Å². The molecule has 94 valence electrons. The number of hydrogen-bond donors (Lipinski definition) is 2. The molecule has 0 radical (unpaired) electrons. The highest BCUT2D eigenvalue weighted by Crippen LogP contribution is 2.27. The second-order valence-corrected chi connectivity index (χ2v) is 4.65. The van der Waals surface area contributed by atoms with Crippen molar-refractivity contribution in [2.75, 3.05) is 11.9 Å². The lowest BCUT2D eigenvalue weighted by Gasteiger charge is -2.31. The standard InChI is InChI=1S/C11H15ClFN3O/c12-11-14-5-8(13)10(16-11)15-9-4-2-1-3-7(9)6-17/h5,7,9,17H,1-4,6H2,(H,14,15,16). The molecule has 0 amide bonds. The first kappa shape index (κ1) is 12.5. The smallest absolute Gasteiger partial charge is 0.224 e. The Morgan fingerprint density at radius 2 is 2.24 bits per heavy atom. The molecule has 2 unspecified atom stereocenters. The molecule has 1 aromatic rings. The zero-order valence-electron chi connectivity index (χ0n) is 9.37. The Bertz CT molecular complexity index is 391. The van der Waals surface area contributed by atoms with E-state index in [0.717, 1.165) is 31.9 Å². The lowest BCUT2D eigenvalue weighted by molar-refractivity contribution is 0.178. The average Bonchev–Trinajstić information content (AvgIpc) is 2.34. The molecule has 1 heterocycles. The summed E-state index contributed by atoms with van der Waals surface area (Å²) in [7, 11) is 0. The van der Waals surface area contributed by atoms with Crippen molar-refractivity contribution in [1.29, 1.82) is 0 Å². The molecule has 1 aromatic heterocycles. The molecule has 0 saturated heterocycles. The second-order valence-electron chi connectivity index (χ2n) is 4.31. The van der Waals surface area contributed by atoms with Gasteiger partial charge in [-0.1, -0.05) is 12.8 Å². The normalized spacial score (nSPS) is 24.6. The van der Waals surface area contributed by atoms with Crippen molar-refractivity contribution >= 4 is 17.4 Å². The van der Waals surface area contributed by atoms with Gasteiger partial charge in [-0.05, 0) is 24.4 Å². The van der Waals surface area contributed by atoms with Crippen molar-refractivity contribution < 1.29 is 9.50 Å². The minimum absolute atomic E-state index is 0.0188. The molecule has 0 bridgehead atoms. The maximum atomic E-state index is 13.4. The summed E-state index contributed by atoms with van der Waals surface area (Å²) in [5, 5.41) is 12.3. The number of aliphatic hydroxyl groups is 1. The number of nitrogens with one attached hydrogen (secondary N) is 1. The van der Waals surface area contributed by atoms with Gasteiger partial charge in [-0.2, -0.15) is 4.98 Å². The predicted octanol–water partition coefficient (Wildman–Crippen LogP) is 2.23. The Balaban J connectivity index is 2.10. The summed E-state index contributed by atoms with van der Waals surface area (Å²) in [5.74, 6) is -0.246. The summed E-state index contributed by atoms with van der Waals surface area (Å²) in [6, 6.07) is 0.0502. The molecular weight excluding hydrogens is 245 g/mol. The van der Waals surface area contributed by atoms with Crippen molar-refractivity contribution in [2.24, 2.45) is 5.92 Å². The minimum atomic E-state index is -0.517. The molecule has 0 spiro atoms. The predicted molar refractivity (Wildman–Crippen MR) is 63.5 cm³/mol. The molecule has 17 heavy (non-hydrogen) atoms. The van der Waals surface area contributed by atoms with Crippen LogP contribution in [0.15, 0.2) is 6.20 Å². The molecule has 1 aliphatic carbocycles. The van der Waals surface area contributed by atoms with Crippen molar-refractivity contribution in [3.8, 4) is 0 Å². The third-order valence-electron chi connectivity index (χ3n) is 3.18. The van der Waals surface area contributed by atoms with E-state index in [-0.39, 0.29) is 29.7 Å². The molecular formula is C11H15ClFN3O. The molecule has 2 N–H and O–H groups in total. The van der Waals surface area contributed by atoms with Gasteiger partial charge >= 0.3 is 0 Å². The number of halogens is 2. The molecule has 1 fully saturated rings. The summed E-state index contributed by atoms with van der Waals surface area (Å²) in [4.78, 5) is 7.38. The first-order valence-electron chi connectivity index (χ1n) is 5.76. The van der Waals surface area contributed by atoms with E-state index >= 15 is 0 Å². The number of aromatic nitrogens is 2. The van der Waals surface area contributed by atoms with E-state index in [1.807, 2.05) is 0 Å². The van der Waals surface area contributed by atoms with Gasteiger partial charge in [0.25, 0.3) is 0 Å². The first-order valence-corrected chi connectivity index (χ1v) is 6.14. The van der Waals surface area contributed by atoms with E-state index in [1.165, 1.54) is 0 Å². The van der Waals surface area contributed by atoms with Gasteiger partial charge in [0.05, 0.1) is 6.20 Å². The highest BCUT2D eigenvalue weighted by molar-refractivity contribution is 6.28. The van der Waals surface area contributed by atoms with Gasteiger partial charge in [-0.15, -0.1) is 0 Å². The number of hydrogen-bond acceptors (Lipinski definition) is 4. The second kappa shape index (κ2) is 5.60. The zero-order valence-corrected chi connectivity index (χ0v) is 10.1. The fraction of sp³-hybridized carbons (Fsp3) is 0.636. The average molecular weight is 260 g/mol. The number of nitrogens with zero attached hydrogens (tertiary/aromatic N) is 2. The number of aliphatic hydroxyl groups excluding tert-OH is 1. The van der Waals surface area contributed by atoms with Gasteiger partial charge < -0.3 is 10.4 Å². The van der Waals surface area contributed by atoms with Crippen LogP contribution in [0.3, 0.4) is 0 Å². The summed E-state index contributed by atoms with van der Waals surface area (Å²) in [6.07, 6.45) is 5.10. The number of anilines is 1. The van der Waals surface area contributed by atoms with Crippen LogP contribution in [0, 0.1) is 11.7 Å². The molecule has 4 nitrogen and oxygen atoms in total. The quantitative estimate of drug-likeness (QED) is 0.818. The molecule has 2 atom stereocenters. The van der Waals surface area contributed by atoms with Gasteiger partial charge in [0, 0.05) is 18.6 Å². The molecule has 6 heteroatoms. The maximum absolute atomic E-state index is 13.4. The van der Waals surface area contributed by atoms with Crippen LogP contribution < -0.4 is 5.32 Å². The van der Waals surface area contributed by atoms with E-state index in [0.29, 0.717) is 0 Å². The van der Waals surface area contributed by atoms with E-state index in [4.69, 9.17) is 11.6 Å².